The van der Waals surface area contributed by atoms with Gasteiger partial charge in [0.05, 0.1) is 9.95 Å². The number of benzene rings is 1. The Kier molecular flexibility index (Phi) is 3.30. The van der Waals surface area contributed by atoms with Gasteiger partial charge in [-0.05, 0) is 25.7 Å². The fraction of sp³-hybridized carbons (Fsp3) is 0.538. The summed E-state index contributed by atoms with van der Waals surface area (Å²) in [5, 5.41) is 11.0. The fourth-order valence-electron chi connectivity index (χ4n) is 3.49. The second kappa shape index (κ2) is 4.86. The zero-order valence-electron chi connectivity index (χ0n) is 10.8. The molecule has 0 aromatic heterocycles. The van der Waals surface area contributed by atoms with Crippen molar-refractivity contribution in [1.29, 1.82) is 0 Å². The van der Waals surface area contributed by atoms with Crippen LogP contribution in [0.2, 0.25) is 5.02 Å². The van der Waals surface area contributed by atoms with Crippen molar-refractivity contribution >= 4 is 23.0 Å². The van der Waals surface area contributed by atoms with Gasteiger partial charge in [-0.15, -0.1) is 0 Å². The molecular formula is C13H15ClFN3O2. The van der Waals surface area contributed by atoms with Crippen LogP contribution in [0.25, 0.3) is 0 Å². The van der Waals surface area contributed by atoms with Crippen LogP contribution in [0.3, 0.4) is 0 Å². The molecule has 2 bridgehead atoms. The highest BCUT2D eigenvalue weighted by Crippen LogP contribution is 2.43. The molecule has 2 fully saturated rings. The maximum atomic E-state index is 13.7. The second-order valence-corrected chi connectivity index (χ2v) is 5.94. The van der Waals surface area contributed by atoms with Crippen molar-refractivity contribution in [3.63, 3.8) is 0 Å². The molecule has 0 spiro atoms. The van der Waals surface area contributed by atoms with Gasteiger partial charge in [0.1, 0.15) is 11.5 Å². The molecule has 2 aliphatic rings. The molecule has 1 aromatic carbocycles. The zero-order valence-corrected chi connectivity index (χ0v) is 11.5. The van der Waals surface area contributed by atoms with E-state index in [0.29, 0.717) is 5.69 Å². The van der Waals surface area contributed by atoms with Gasteiger partial charge in [0, 0.05) is 30.3 Å². The first kappa shape index (κ1) is 13.6. The van der Waals surface area contributed by atoms with Gasteiger partial charge >= 0.3 is 0 Å². The van der Waals surface area contributed by atoms with E-state index < -0.39 is 10.7 Å². The van der Waals surface area contributed by atoms with E-state index in [1.807, 2.05) is 4.90 Å². The Morgan fingerprint density at radius 1 is 1.35 bits per heavy atom. The van der Waals surface area contributed by atoms with Gasteiger partial charge in [-0.25, -0.2) is 4.39 Å². The summed E-state index contributed by atoms with van der Waals surface area (Å²) in [5.74, 6) is -0.624. The van der Waals surface area contributed by atoms with Crippen LogP contribution in [0.4, 0.5) is 15.8 Å². The van der Waals surface area contributed by atoms with E-state index in [1.165, 1.54) is 6.07 Å². The standard InChI is InChI=1S/C13H15ClFN3O2/c14-10-5-13(18(19)20)12(6-11(10)15)17-8-1-2-9(17)4-7(16)3-8/h5-9H,1-4,16H2. The zero-order chi connectivity index (χ0) is 14.4. The van der Waals surface area contributed by atoms with Gasteiger partial charge in [0.2, 0.25) is 0 Å². The highest BCUT2D eigenvalue weighted by molar-refractivity contribution is 6.31. The van der Waals surface area contributed by atoms with Gasteiger partial charge in [-0.2, -0.15) is 0 Å². The SMILES string of the molecule is NC1CC2CCC(C1)N2c1cc(F)c(Cl)cc1[N+](=O)[O-]. The normalized spacial score (nSPS) is 28.8. The lowest BCUT2D eigenvalue weighted by Gasteiger charge is -2.39. The smallest absolute Gasteiger partial charge is 0.294 e. The number of piperidine rings is 1. The predicted molar refractivity (Wildman–Crippen MR) is 74.6 cm³/mol. The van der Waals surface area contributed by atoms with Crippen LogP contribution < -0.4 is 10.6 Å². The highest BCUT2D eigenvalue weighted by Gasteiger charge is 2.42. The van der Waals surface area contributed by atoms with Crippen molar-refractivity contribution in [2.75, 3.05) is 4.90 Å². The molecule has 0 amide bonds. The molecule has 2 atom stereocenters. The molecule has 2 unspecified atom stereocenters. The average Bonchev–Trinajstić information content (AvgIpc) is 2.64. The Morgan fingerprint density at radius 2 is 1.95 bits per heavy atom. The van der Waals surface area contributed by atoms with E-state index in [2.05, 4.69) is 0 Å². The average molecular weight is 300 g/mol. The molecule has 0 saturated carbocycles. The molecule has 2 aliphatic heterocycles. The third-order valence-electron chi connectivity index (χ3n) is 4.26. The Bertz CT molecular complexity index is 555. The van der Waals surface area contributed by atoms with E-state index in [0.717, 1.165) is 31.7 Å². The second-order valence-electron chi connectivity index (χ2n) is 5.54. The molecule has 0 aliphatic carbocycles. The molecule has 3 rings (SSSR count). The molecule has 0 radical (unpaired) electrons. The molecule has 7 heteroatoms. The fourth-order valence-corrected chi connectivity index (χ4v) is 3.65. The minimum atomic E-state index is -0.624. The quantitative estimate of drug-likeness (QED) is 0.673. The predicted octanol–water partition coefficient (Wildman–Crippen LogP) is 2.85. The first-order valence-electron chi connectivity index (χ1n) is 6.64. The molecule has 108 valence electrons. The summed E-state index contributed by atoms with van der Waals surface area (Å²) >= 11 is 5.66. The van der Waals surface area contributed by atoms with Gasteiger partial charge in [0.15, 0.2) is 0 Å². The summed E-state index contributed by atoms with van der Waals surface area (Å²) in [6.07, 6.45) is 3.47. The van der Waals surface area contributed by atoms with Crippen molar-refractivity contribution in [2.24, 2.45) is 5.73 Å². The summed E-state index contributed by atoms with van der Waals surface area (Å²) in [6, 6.07) is 2.72. The molecule has 2 heterocycles. The van der Waals surface area contributed by atoms with Crippen molar-refractivity contribution in [2.45, 2.75) is 43.8 Å². The number of nitro benzene ring substituents is 1. The van der Waals surface area contributed by atoms with Crippen LogP contribution in [0.15, 0.2) is 12.1 Å². The van der Waals surface area contributed by atoms with Gasteiger partial charge in [-0.3, -0.25) is 10.1 Å². The van der Waals surface area contributed by atoms with Gasteiger partial charge < -0.3 is 10.6 Å². The summed E-state index contributed by atoms with van der Waals surface area (Å²) in [7, 11) is 0. The third-order valence-corrected chi connectivity index (χ3v) is 4.55. The molecule has 1 aromatic rings. The first-order chi connectivity index (χ1) is 9.47. The van der Waals surface area contributed by atoms with Crippen molar-refractivity contribution < 1.29 is 9.31 Å². The number of nitro groups is 1. The van der Waals surface area contributed by atoms with E-state index in [1.54, 1.807) is 0 Å². The number of hydrogen-bond acceptors (Lipinski definition) is 4. The summed E-state index contributed by atoms with van der Waals surface area (Å²) < 4.78 is 13.7. The Morgan fingerprint density at radius 3 is 2.50 bits per heavy atom. The number of rotatable bonds is 2. The Hall–Kier alpha value is -1.40. The van der Waals surface area contributed by atoms with E-state index in [9.17, 15) is 14.5 Å². The molecule has 5 nitrogen and oxygen atoms in total. The number of halogens is 2. The van der Waals surface area contributed by atoms with Crippen molar-refractivity contribution in [1.82, 2.24) is 0 Å². The number of nitrogens with zero attached hydrogens (tertiary/aromatic N) is 2. The van der Waals surface area contributed by atoms with E-state index in [4.69, 9.17) is 17.3 Å². The molecule has 2 N–H and O–H groups in total. The van der Waals surface area contributed by atoms with E-state index in [-0.39, 0.29) is 28.8 Å². The molecule has 20 heavy (non-hydrogen) atoms. The minimum absolute atomic E-state index is 0.125. The highest BCUT2D eigenvalue weighted by atomic mass is 35.5. The summed E-state index contributed by atoms with van der Waals surface area (Å²) in [5.41, 5.74) is 6.19. The monoisotopic (exact) mass is 299 g/mol. The largest absolute Gasteiger partial charge is 0.360 e. The summed E-state index contributed by atoms with van der Waals surface area (Å²) in [6.45, 7) is 0. The maximum absolute atomic E-state index is 13.7. The topological polar surface area (TPSA) is 72.4 Å². The van der Waals surface area contributed by atoms with Crippen LogP contribution in [0, 0.1) is 15.9 Å². The molecular weight excluding hydrogens is 285 g/mol. The lowest BCUT2D eigenvalue weighted by atomic mass is 9.97. The number of fused-ring (bicyclic) bond motifs is 2. The molecule has 2 saturated heterocycles. The van der Waals surface area contributed by atoms with Gasteiger partial charge in [-0.1, -0.05) is 11.6 Å². The number of hydrogen-bond donors (Lipinski definition) is 1. The third kappa shape index (κ3) is 2.13. The number of anilines is 1. The van der Waals surface area contributed by atoms with Crippen LogP contribution in [-0.4, -0.2) is 23.0 Å². The summed E-state index contributed by atoms with van der Waals surface area (Å²) in [4.78, 5) is 12.7. The van der Waals surface area contributed by atoms with Crippen LogP contribution in [0.1, 0.15) is 25.7 Å². The van der Waals surface area contributed by atoms with Crippen molar-refractivity contribution in [3.05, 3.63) is 33.1 Å². The van der Waals surface area contributed by atoms with Crippen LogP contribution in [-0.2, 0) is 0 Å². The lowest BCUT2D eigenvalue weighted by molar-refractivity contribution is -0.384. The minimum Gasteiger partial charge on any atom is -0.360 e. The first-order valence-corrected chi connectivity index (χ1v) is 7.02. The van der Waals surface area contributed by atoms with Crippen LogP contribution in [0.5, 0.6) is 0 Å². The van der Waals surface area contributed by atoms with Crippen molar-refractivity contribution in [3.8, 4) is 0 Å². The Balaban J connectivity index is 2.06. The van der Waals surface area contributed by atoms with Gasteiger partial charge in [0.25, 0.3) is 5.69 Å². The Labute approximate surface area is 120 Å². The van der Waals surface area contributed by atoms with E-state index >= 15 is 0 Å². The number of nitrogens with two attached hydrogens (primary N) is 1. The lowest BCUT2D eigenvalue weighted by Crippen LogP contribution is -2.47. The maximum Gasteiger partial charge on any atom is 0.294 e. The van der Waals surface area contributed by atoms with Crippen LogP contribution >= 0.6 is 11.6 Å².